The quantitative estimate of drug-likeness (QED) is 0.224. The average molecular weight is 619 g/mol. The van der Waals surface area contributed by atoms with Gasteiger partial charge < -0.3 is 14.2 Å². The Morgan fingerprint density at radius 1 is 1.00 bits per heavy atom. The Labute approximate surface area is 258 Å². The van der Waals surface area contributed by atoms with E-state index in [1.807, 2.05) is 54.7 Å². The monoisotopic (exact) mass is 618 g/mol. The third-order valence-corrected chi connectivity index (χ3v) is 9.46. The molecule has 1 N–H and O–H groups in total. The zero-order valence-electron chi connectivity index (χ0n) is 25.4. The Morgan fingerprint density at radius 3 is 2.20 bits per heavy atom. The number of hydrogen-bond donors (Lipinski definition) is 1. The van der Waals surface area contributed by atoms with E-state index in [2.05, 4.69) is 19.2 Å². The van der Waals surface area contributed by atoms with Gasteiger partial charge in [0.2, 0.25) is 21.9 Å². The molecule has 232 valence electrons. The minimum absolute atomic E-state index is 0.0595. The molecular formula is C33H38N4O6S. The summed E-state index contributed by atoms with van der Waals surface area (Å²) in [5.41, 5.74) is 3.46. The number of imidazole rings is 1. The molecule has 1 fully saturated rings. The fourth-order valence-corrected chi connectivity index (χ4v) is 6.50. The van der Waals surface area contributed by atoms with Crippen LogP contribution in [0.5, 0.6) is 11.5 Å². The van der Waals surface area contributed by atoms with Gasteiger partial charge in [-0.3, -0.25) is 14.7 Å². The van der Waals surface area contributed by atoms with Crippen LogP contribution in [0, 0.1) is 0 Å². The molecule has 1 aliphatic rings. The highest BCUT2D eigenvalue weighted by atomic mass is 32.2. The maximum Gasteiger partial charge on any atom is 0.243 e. The third kappa shape index (κ3) is 7.12. The second-order valence-corrected chi connectivity index (χ2v) is 12.9. The van der Waals surface area contributed by atoms with Gasteiger partial charge in [0, 0.05) is 30.6 Å². The van der Waals surface area contributed by atoms with E-state index in [0.717, 1.165) is 29.8 Å². The Hall–Kier alpha value is -4.19. The lowest BCUT2D eigenvalue weighted by atomic mass is 10.0. The van der Waals surface area contributed by atoms with Crippen molar-refractivity contribution in [3.63, 3.8) is 0 Å². The molecule has 0 radical (unpaired) electrons. The van der Waals surface area contributed by atoms with Gasteiger partial charge in [-0.1, -0.05) is 26.0 Å². The van der Waals surface area contributed by atoms with Crippen LogP contribution in [0.25, 0.3) is 16.9 Å². The minimum atomic E-state index is -4.02. The van der Waals surface area contributed by atoms with Crippen molar-refractivity contribution in [2.75, 3.05) is 39.2 Å². The van der Waals surface area contributed by atoms with Gasteiger partial charge in [-0.15, -0.1) is 0 Å². The molecule has 4 aromatic rings. The van der Waals surface area contributed by atoms with Gasteiger partial charge in [0.15, 0.2) is 0 Å². The Kier molecular flexibility index (Phi) is 9.68. The molecule has 0 spiro atoms. The van der Waals surface area contributed by atoms with E-state index in [1.165, 1.54) is 29.1 Å². The number of hydrogen-bond acceptors (Lipinski definition) is 7. The lowest BCUT2D eigenvalue weighted by Crippen LogP contribution is -2.42. The summed E-state index contributed by atoms with van der Waals surface area (Å²) in [5.74, 6) is 1.37. The average Bonchev–Trinajstić information content (AvgIpc) is 3.71. The number of nitrogens with one attached hydrogen (secondary N) is 1. The number of amides is 1. The summed E-state index contributed by atoms with van der Waals surface area (Å²) in [6.45, 7) is 4.47. The first-order valence-corrected chi connectivity index (χ1v) is 16.0. The number of benzene rings is 3. The number of methoxy groups -OCH3 is 2. The van der Waals surface area contributed by atoms with Crippen LogP contribution in [0.2, 0.25) is 0 Å². The molecule has 1 amide bonds. The molecule has 1 unspecified atom stereocenters. The number of aromatic nitrogens is 2. The third-order valence-electron chi connectivity index (χ3n) is 7.63. The maximum absolute atomic E-state index is 13.7. The van der Waals surface area contributed by atoms with Crippen molar-refractivity contribution in [2.45, 2.75) is 43.6 Å². The molecule has 0 saturated carbocycles. The SMILES string of the molecule is COc1ccc(-c2cn(-c3ccc(C(C)C)cc3)c(NC(=O)CN(CC3CCCO3)S(=O)(=O)c3ccc(OC)cc3)n2)cc1. The number of rotatable bonds is 12. The van der Waals surface area contributed by atoms with Crippen LogP contribution in [0.15, 0.2) is 83.9 Å². The van der Waals surface area contributed by atoms with E-state index in [4.69, 9.17) is 19.2 Å². The Morgan fingerprint density at radius 2 is 1.64 bits per heavy atom. The van der Waals surface area contributed by atoms with E-state index in [0.29, 0.717) is 24.0 Å². The number of carbonyl (C=O) groups is 1. The van der Waals surface area contributed by atoms with Gasteiger partial charge in [0.05, 0.1) is 37.5 Å². The smallest absolute Gasteiger partial charge is 0.243 e. The van der Waals surface area contributed by atoms with Crippen LogP contribution in [0.4, 0.5) is 5.95 Å². The fourth-order valence-electron chi connectivity index (χ4n) is 5.07. The van der Waals surface area contributed by atoms with Crippen molar-refractivity contribution in [3.8, 4) is 28.4 Å². The Bertz CT molecular complexity index is 1660. The standard InChI is InChI=1S/C33H38N4O6S/c1-23(2)24-7-11-26(12-8-24)37-21-31(25-9-13-27(41-3)14-10-25)34-33(37)35-32(38)22-36(20-29-6-5-19-43-29)44(39,40)30-17-15-28(42-4)16-18-30/h7-18,21,23,29H,5-6,19-20,22H2,1-4H3,(H,34,35,38). The van der Waals surface area contributed by atoms with E-state index in [1.54, 1.807) is 23.8 Å². The number of anilines is 1. The van der Waals surface area contributed by atoms with Crippen molar-refractivity contribution in [2.24, 2.45) is 0 Å². The summed E-state index contributed by atoms with van der Waals surface area (Å²) in [6, 6.07) is 21.6. The molecule has 1 aromatic heterocycles. The maximum atomic E-state index is 13.7. The van der Waals surface area contributed by atoms with Gasteiger partial charge in [-0.25, -0.2) is 13.4 Å². The molecule has 10 nitrogen and oxygen atoms in total. The first-order chi connectivity index (χ1) is 21.2. The van der Waals surface area contributed by atoms with Gasteiger partial charge >= 0.3 is 0 Å². The largest absolute Gasteiger partial charge is 0.497 e. The van der Waals surface area contributed by atoms with E-state index < -0.39 is 22.5 Å². The highest BCUT2D eigenvalue weighted by Crippen LogP contribution is 2.28. The van der Waals surface area contributed by atoms with Crippen LogP contribution in [-0.2, 0) is 19.6 Å². The lowest BCUT2D eigenvalue weighted by Gasteiger charge is -2.24. The van der Waals surface area contributed by atoms with Crippen LogP contribution in [0.3, 0.4) is 0 Å². The predicted molar refractivity (Wildman–Crippen MR) is 169 cm³/mol. The molecule has 5 rings (SSSR count). The predicted octanol–water partition coefficient (Wildman–Crippen LogP) is 5.49. The van der Waals surface area contributed by atoms with Crippen molar-refractivity contribution in [3.05, 3.63) is 84.6 Å². The highest BCUT2D eigenvalue weighted by Gasteiger charge is 2.31. The van der Waals surface area contributed by atoms with Gasteiger partial charge in [0.25, 0.3) is 0 Å². The first-order valence-electron chi connectivity index (χ1n) is 14.6. The molecule has 1 saturated heterocycles. The van der Waals surface area contributed by atoms with Crippen molar-refractivity contribution >= 4 is 21.9 Å². The van der Waals surface area contributed by atoms with Crippen LogP contribution < -0.4 is 14.8 Å². The topological polar surface area (TPSA) is 112 Å². The van der Waals surface area contributed by atoms with Crippen LogP contribution >= 0.6 is 0 Å². The van der Waals surface area contributed by atoms with Crippen molar-refractivity contribution in [1.82, 2.24) is 13.9 Å². The summed E-state index contributed by atoms with van der Waals surface area (Å²) < 4.78 is 46.7. The molecule has 1 atom stereocenters. The van der Waals surface area contributed by atoms with Crippen molar-refractivity contribution < 1.29 is 27.4 Å². The zero-order valence-corrected chi connectivity index (χ0v) is 26.2. The minimum Gasteiger partial charge on any atom is -0.497 e. The fraction of sp³-hybridized carbons (Fsp3) is 0.333. The molecule has 44 heavy (non-hydrogen) atoms. The van der Waals surface area contributed by atoms with Gasteiger partial charge in [-0.05, 0) is 85.0 Å². The molecular weight excluding hydrogens is 580 g/mol. The molecule has 0 aliphatic carbocycles. The molecule has 2 heterocycles. The van der Waals surface area contributed by atoms with E-state index in [9.17, 15) is 13.2 Å². The van der Waals surface area contributed by atoms with Crippen LogP contribution in [-0.4, -0.2) is 68.2 Å². The number of ether oxygens (including phenoxy) is 3. The highest BCUT2D eigenvalue weighted by molar-refractivity contribution is 7.89. The summed E-state index contributed by atoms with van der Waals surface area (Å²) in [5, 5.41) is 2.88. The molecule has 0 bridgehead atoms. The molecule has 11 heteroatoms. The van der Waals surface area contributed by atoms with Gasteiger partial charge in [0.1, 0.15) is 11.5 Å². The molecule has 1 aliphatic heterocycles. The zero-order chi connectivity index (χ0) is 31.3. The lowest BCUT2D eigenvalue weighted by molar-refractivity contribution is -0.116. The number of carbonyl (C=O) groups excluding carboxylic acids is 1. The summed E-state index contributed by atoms with van der Waals surface area (Å²) in [6.07, 6.45) is 3.12. The summed E-state index contributed by atoms with van der Waals surface area (Å²) >= 11 is 0. The number of nitrogens with zero attached hydrogens (tertiary/aromatic N) is 3. The first kappa shape index (κ1) is 31.2. The van der Waals surface area contributed by atoms with E-state index >= 15 is 0 Å². The summed E-state index contributed by atoms with van der Waals surface area (Å²) in [7, 11) is -0.902. The number of sulfonamides is 1. The van der Waals surface area contributed by atoms with E-state index in [-0.39, 0.29) is 23.5 Å². The van der Waals surface area contributed by atoms with Crippen molar-refractivity contribution in [1.29, 1.82) is 0 Å². The summed E-state index contributed by atoms with van der Waals surface area (Å²) in [4.78, 5) is 18.4. The Balaban J connectivity index is 1.45. The molecule has 3 aromatic carbocycles. The van der Waals surface area contributed by atoms with Gasteiger partial charge in [-0.2, -0.15) is 4.31 Å². The van der Waals surface area contributed by atoms with Crippen LogP contribution in [0.1, 0.15) is 38.2 Å². The second-order valence-electron chi connectivity index (χ2n) is 11.0. The second kappa shape index (κ2) is 13.6. The normalized spacial score (nSPS) is 15.1.